The predicted molar refractivity (Wildman–Crippen MR) is 77.7 cm³/mol. The number of halogens is 1. The molecule has 7 heteroatoms. The lowest BCUT2D eigenvalue weighted by molar-refractivity contribution is -0.157. The summed E-state index contributed by atoms with van der Waals surface area (Å²) in [6, 6.07) is 0. The Morgan fingerprint density at radius 2 is 1.95 bits per heavy atom. The number of esters is 3. The van der Waals surface area contributed by atoms with Crippen molar-refractivity contribution in [2.24, 2.45) is 5.41 Å². The Morgan fingerprint density at radius 3 is 2.48 bits per heavy atom. The van der Waals surface area contributed by atoms with Gasteiger partial charge in [-0.1, -0.05) is 34.2 Å². The number of hydrogen-bond donors (Lipinski definition) is 0. The lowest BCUT2D eigenvalue weighted by atomic mass is 9.76. The third-order valence-electron chi connectivity index (χ3n) is 3.08. The first-order chi connectivity index (χ1) is 9.91. The van der Waals surface area contributed by atoms with Gasteiger partial charge in [0.1, 0.15) is 5.41 Å². The Labute approximate surface area is 131 Å². The van der Waals surface area contributed by atoms with Gasteiger partial charge in [-0.3, -0.25) is 9.59 Å². The molecule has 1 aliphatic rings. The van der Waals surface area contributed by atoms with Gasteiger partial charge in [0.15, 0.2) is 0 Å². The minimum absolute atomic E-state index is 0.183. The molecular weight excluding hydrogens is 344 g/mol. The Hall–Kier alpha value is -1.63. The number of methoxy groups -OCH3 is 2. The summed E-state index contributed by atoms with van der Waals surface area (Å²) >= 11 is 3.34. The normalized spacial score (nSPS) is 24.0. The number of carbonyl (C=O) groups excluding carboxylic acids is 3. The van der Waals surface area contributed by atoms with E-state index in [9.17, 15) is 14.4 Å². The molecule has 0 aliphatic heterocycles. The number of alkyl halides is 1. The van der Waals surface area contributed by atoms with Crippen molar-refractivity contribution in [3.63, 3.8) is 0 Å². The third kappa shape index (κ3) is 3.72. The topological polar surface area (TPSA) is 78.9 Å². The summed E-state index contributed by atoms with van der Waals surface area (Å²) in [5, 5.41) is 0. The molecule has 0 bridgehead atoms. The summed E-state index contributed by atoms with van der Waals surface area (Å²) in [4.78, 5) is 35.2. The molecule has 0 saturated heterocycles. The van der Waals surface area contributed by atoms with Crippen molar-refractivity contribution in [2.45, 2.75) is 18.2 Å². The van der Waals surface area contributed by atoms with Gasteiger partial charge in [0.25, 0.3) is 0 Å². The molecular formula is C14H17BrO6. The van der Waals surface area contributed by atoms with E-state index in [1.807, 2.05) is 0 Å². The van der Waals surface area contributed by atoms with Crippen molar-refractivity contribution in [2.75, 3.05) is 20.8 Å². The molecule has 0 saturated carbocycles. The summed E-state index contributed by atoms with van der Waals surface area (Å²) in [6.45, 7) is 1.87. The van der Waals surface area contributed by atoms with Crippen LogP contribution in [0.2, 0.25) is 0 Å². The van der Waals surface area contributed by atoms with E-state index in [0.717, 1.165) is 0 Å². The van der Waals surface area contributed by atoms with Crippen LogP contribution in [0.25, 0.3) is 0 Å². The number of allylic oxidation sites excluding steroid dienone is 1. The highest BCUT2D eigenvalue weighted by Crippen LogP contribution is 2.40. The van der Waals surface area contributed by atoms with Gasteiger partial charge in [-0.05, 0) is 6.92 Å². The highest BCUT2D eigenvalue weighted by Gasteiger charge is 2.47. The molecule has 21 heavy (non-hydrogen) atoms. The van der Waals surface area contributed by atoms with Crippen LogP contribution in [0.5, 0.6) is 0 Å². The molecule has 0 aromatic heterocycles. The summed E-state index contributed by atoms with van der Waals surface area (Å²) in [5.41, 5.74) is -1.16. The summed E-state index contributed by atoms with van der Waals surface area (Å²) in [6.07, 6.45) is 4.27. The van der Waals surface area contributed by atoms with E-state index >= 15 is 0 Å². The molecule has 0 spiro atoms. The van der Waals surface area contributed by atoms with Crippen molar-refractivity contribution in [1.82, 2.24) is 0 Å². The summed E-state index contributed by atoms with van der Waals surface area (Å²) in [7, 11) is 2.46. The van der Waals surface area contributed by atoms with Gasteiger partial charge in [0.2, 0.25) is 0 Å². The molecule has 116 valence electrons. The van der Waals surface area contributed by atoms with Crippen molar-refractivity contribution >= 4 is 33.8 Å². The van der Waals surface area contributed by atoms with E-state index in [1.165, 1.54) is 26.4 Å². The van der Waals surface area contributed by atoms with Gasteiger partial charge >= 0.3 is 17.9 Å². The molecule has 0 radical (unpaired) electrons. The Bertz CT molecular complexity index is 496. The van der Waals surface area contributed by atoms with E-state index in [4.69, 9.17) is 9.47 Å². The number of ether oxygens (including phenoxy) is 3. The van der Waals surface area contributed by atoms with Gasteiger partial charge in [0.05, 0.1) is 37.6 Å². The molecule has 0 fully saturated rings. The van der Waals surface area contributed by atoms with Gasteiger partial charge in [-0.25, -0.2) is 4.79 Å². The van der Waals surface area contributed by atoms with E-state index in [1.54, 1.807) is 13.0 Å². The van der Waals surface area contributed by atoms with Gasteiger partial charge in [-0.15, -0.1) is 0 Å². The summed E-state index contributed by atoms with van der Waals surface area (Å²) < 4.78 is 14.3. The SMILES string of the molecule is CCOC(=O)CC1(C(=O)OC)C=C(C(=O)OC)C=CC1Br. The predicted octanol–water partition coefficient (Wildman–Crippen LogP) is 1.53. The van der Waals surface area contributed by atoms with Crippen LogP contribution in [0.4, 0.5) is 0 Å². The fraction of sp³-hybridized carbons (Fsp3) is 0.500. The zero-order chi connectivity index (χ0) is 16.0. The first-order valence-corrected chi connectivity index (χ1v) is 7.20. The smallest absolute Gasteiger partial charge is 0.337 e. The van der Waals surface area contributed by atoms with Crippen LogP contribution in [0.15, 0.2) is 23.8 Å². The van der Waals surface area contributed by atoms with Crippen LogP contribution in [-0.4, -0.2) is 43.6 Å². The first kappa shape index (κ1) is 17.4. The second-order valence-electron chi connectivity index (χ2n) is 4.37. The van der Waals surface area contributed by atoms with Gasteiger partial charge in [0, 0.05) is 0 Å². The van der Waals surface area contributed by atoms with Crippen LogP contribution in [0, 0.1) is 5.41 Å². The molecule has 0 amide bonds. The van der Waals surface area contributed by atoms with Crippen LogP contribution in [0.3, 0.4) is 0 Å². The Morgan fingerprint density at radius 1 is 1.29 bits per heavy atom. The van der Waals surface area contributed by atoms with Crippen molar-refractivity contribution in [3.05, 3.63) is 23.8 Å². The Kier molecular flexibility index (Phi) is 6.14. The second-order valence-corrected chi connectivity index (χ2v) is 5.35. The monoisotopic (exact) mass is 360 g/mol. The second kappa shape index (κ2) is 7.40. The van der Waals surface area contributed by atoms with E-state index in [0.29, 0.717) is 0 Å². The molecule has 1 rings (SSSR count). The molecule has 2 atom stereocenters. The quantitative estimate of drug-likeness (QED) is 0.420. The Balaban J connectivity index is 3.24. The highest BCUT2D eigenvalue weighted by molar-refractivity contribution is 9.09. The standard InChI is InChI=1S/C14H17BrO6/c1-4-21-11(16)8-14(13(18)20-3)7-9(12(17)19-2)5-6-10(14)15/h5-7,10H,4,8H2,1-3H3. The molecule has 0 aromatic rings. The zero-order valence-corrected chi connectivity index (χ0v) is 13.6. The minimum atomic E-state index is -1.35. The lowest BCUT2D eigenvalue weighted by Crippen LogP contribution is -2.42. The molecule has 6 nitrogen and oxygen atoms in total. The average molecular weight is 361 g/mol. The van der Waals surface area contributed by atoms with Crippen LogP contribution in [0.1, 0.15) is 13.3 Å². The molecule has 2 unspecified atom stereocenters. The fourth-order valence-electron chi connectivity index (χ4n) is 2.04. The number of rotatable bonds is 5. The first-order valence-electron chi connectivity index (χ1n) is 6.28. The summed E-state index contributed by atoms with van der Waals surface area (Å²) in [5.74, 6) is -1.78. The van der Waals surface area contributed by atoms with Crippen molar-refractivity contribution < 1.29 is 28.6 Å². The number of carbonyl (C=O) groups is 3. The maximum atomic E-state index is 12.2. The van der Waals surface area contributed by atoms with Crippen LogP contribution >= 0.6 is 15.9 Å². The largest absolute Gasteiger partial charge is 0.468 e. The molecule has 1 aliphatic carbocycles. The maximum Gasteiger partial charge on any atom is 0.337 e. The maximum absolute atomic E-state index is 12.2. The molecule has 0 heterocycles. The lowest BCUT2D eigenvalue weighted by Gasteiger charge is -2.32. The number of hydrogen-bond acceptors (Lipinski definition) is 6. The van der Waals surface area contributed by atoms with Crippen molar-refractivity contribution in [3.8, 4) is 0 Å². The van der Waals surface area contributed by atoms with Gasteiger partial charge in [-0.2, -0.15) is 0 Å². The van der Waals surface area contributed by atoms with Crippen LogP contribution < -0.4 is 0 Å². The van der Waals surface area contributed by atoms with Gasteiger partial charge < -0.3 is 14.2 Å². The average Bonchev–Trinajstić information content (AvgIpc) is 2.48. The fourth-order valence-corrected chi connectivity index (χ4v) is 2.68. The molecule has 0 aromatic carbocycles. The van der Waals surface area contributed by atoms with E-state index in [2.05, 4.69) is 20.7 Å². The van der Waals surface area contributed by atoms with E-state index in [-0.39, 0.29) is 18.6 Å². The zero-order valence-electron chi connectivity index (χ0n) is 12.1. The molecule has 0 N–H and O–H groups in total. The van der Waals surface area contributed by atoms with Crippen LogP contribution in [-0.2, 0) is 28.6 Å². The highest BCUT2D eigenvalue weighted by atomic mass is 79.9. The van der Waals surface area contributed by atoms with E-state index < -0.39 is 28.2 Å². The van der Waals surface area contributed by atoms with Crippen molar-refractivity contribution in [1.29, 1.82) is 0 Å². The minimum Gasteiger partial charge on any atom is -0.468 e. The third-order valence-corrected chi connectivity index (χ3v) is 4.20.